The summed E-state index contributed by atoms with van der Waals surface area (Å²) in [6, 6.07) is 8.42. The summed E-state index contributed by atoms with van der Waals surface area (Å²) in [6.45, 7) is 1.71. The highest BCUT2D eigenvalue weighted by atomic mass is 32.1. The van der Waals surface area contributed by atoms with Crippen LogP contribution >= 0.6 is 11.3 Å². The number of carbonyl (C=O) groups excluding carboxylic acids is 1. The minimum Gasteiger partial charge on any atom is -0.355 e. The van der Waals surface area contributed by atoms with Gasteiger partial charge in [0.15, 0.2) is 0 Å². The summed E-state index contributed by atoms with van der Waals surface area (Å²) in [4.78, 5) is 13.8. The summed E-state index contributed by atoms with van der Waals surface area (Å²) in [5, 5.41) is 7.00. The second-order valence-corrected chi connectivity index (χ2v) is 5.81. The summed E-state index contributed by atoms with van der Waals surface area (Å²) in [5.41, 5.74) is 2.24. The fraction of sp³-hybridized carbons (Fsp3) is 0.312. The highest BCUT2D eigenvalue weighted by Crippen LogP contribution is 2.08. The summed E-state index contributed by atoms with van der Waals surface area (Å²) >= 11 is 1.66. The molecule has 5 heteroatoms. The Morgan fingerprint density at radius 1 is 1.24 bits per heavy atom. The molecule has 0 radical (unpaired) electrons. The minimum atomic E-state index is -0.238. The Balaban J connectivity index is 1.66. The van der Waals surface area contributed by atoms with Crippen molar-refractivity contribution in [3.05, 3.63) is 58.0 Å². The molecule has 1 aromatic heterocycles. The molecule has 1 amide bonds. The van der Waals surface area contributed by atoms with Crippen LogP contribution in [-0.2, 0) is 17.8 Å². The van der Waals surface area contributed by atoms with Crippen molar-refractivity contribution in [3.63, 3.8) is 0 Å². The molecule has 0 spiro atoms. The number of rotatable bonds is 7. The Morgan fingerprint density at radius 2 is 2.00 bits per heavy atom. The van der Waals surface area contributed by atoms with Crippen LogP contribution in [0.5, 0.6) is 0 Å². The number of likely N-dealkylation sites (N-methyl/N-ethyl adjacent to an activating group) is 1. The van der Waals surface area contributed by atoms with Gasteiger partial charge < -0.3 is 5.32 Å². The Bertz CT molecular complexity index is 554. The lowest BCUT2D eigenvalue weighted by Crippen LogP contribution is -2.35. The first-order valence-corrected chi connectivity index (χ1v) is 7.78. The topological polar surface area (TPSA) is 32.3 Å². The lowest BCUT2D eigenvalue weighted by molar-refractivity contribution is -0.122. The van der Waals surface area contributed by atoms with Crippen molar-refractivity contribution in [1.82, 2.24) is 10.2 Å². The van der Waals surface area contributed by atoms with Crippen LogP contribution in [0.4, 0.5) is 4.39 Å². The van der Waals surface area contributed by atoms with E-state index >= 15 is 0 Å². The van der Waals surface area contributed by atoms with Crippen LogP contribution in [0.3, 0.4) is 0 Å². The second kappa shape index (κ2) is 7.90. The Labute approximate surface area is 128 Å². The molecule has 21 heavy (non-hydrogen) atoms. The van der Waals surface area contributed by atoms with Gasteiger partial charge in [-0.15, -0.1) is 0 Å². The van der Waals surface area contributed by atoms with Gasteiger partial charge in [0, 0.05) is 13.1 Å². The number of thiophene rings is 1. The standard InChI is InChI=1S/C16H19FN2OS/c1-19(10-14-7-9-21-12-14)11-16(20)18-8-6-13-2-4-15(17)5-3-13/h2-5,7,9,12H,6,8,10-11H2,1H3,(H,18,20). The molecular weight excluding hydrogens is 287 g/mol. The van der Waals surface area contributed by atoms with E-state index in [0.29, 0.717) is 19.5 Å². The van der Waals surface area contributed by atoms with Crippen LogP contribution in [-0.4, -0.2) is 30.9 Å². The van der Waals surface area contributed by atoms with Gasteiger partial charge in [-0.2, -0.15) is 11.3 Å². The average Bonchev–Trinajstić information content (AvgIpc) is 2.93. The Kier molecular flexibility index (Phi) is 5.90. The zero-order valence-electron chi connectivity index (χ0n) is 12.0. The van der Waals surface area contributed by atoms with Gasteiger partial charge in [-0.05, 0) is 53.6 Å². The van der Waals surface area contributed by atoms with Crippen molar-refractivity contribution in [1.29, 1.82) is 0 Å². The molecule has 0 saturated carbocycles. The molecule has 0 unspecified atom stereocenters. The fourth-order valence-corrected chi connectivity index (χ4v) is 2.71. The molecule has 1 aromatic carbocycles. The monoisotopic (exact) mass is 306 g/mol. The molecule has 1 heterocycles. The van der Waals surface area contributed by atoms with E-state index in [1.54, 1.807) is 23.5 Å². The Morgan fingerprint density at radius 3 is 2.67 bits per heavy atom. The van der Waals surface area contributed by atoms with Gasteiger partial charge >= 0.3 is 0 Å². The molecule has 0 atom stereocenters. The van der Waals surface area contributed by atoms with Gasteiger partial charge in [0.1, 0.15) is 5.82 Å². The van der Waals surface area contributed by atoms with Crippen molar-refractivity contribution in [2.24, 2.45) is 0 Å². The van der Waals surface area contributed by atoms with Crippen LogP contribution in [0.25, 0.3) is 0 Å². The molecule has 0 aliphatic rings. The summed E-state index contributed by atoms with van der Waals surface area (Å²) in [6.07, 6.45) is 0.709. The summed E-state index contributed by atoms with van der Waals surface area (Å²) in [5.74, 6) is -0.229. The van der Waals surface area contributed by atoms with Gasteiger partial charge in [0.25, 0.3) is 0 Å². The first-order chi connectivity index (χ1) is 10.1. The third-order valence-corrected chi connectivity index (χ3v) is 3.83. The number of halogens is 1. The third kappa shape index (κ3) is 5.65. The van der Waals surface area contributed by atoms with Crippen LogP contribution in [0.15, 0.2) is 41.1 Å². The molecule has 1 N–H and O–H groups in total. The smallest absolute Gasteiger partial charge is 0.234 e. The summed E-state index contributed by atoms with van der Waals surface area (Å²) < 4.78 is 12.8. The largest absolute Gasteiger partial charge is 0.355 e. The van der Waals surface area contributed by atoms with Crippen molar-refractivity contribution >= 4 is 17.2 Å². The fourth-order valence-electron chi connectivity index (χ4n) is 2.05. The van der Waals surface area contributed by atoms with Crippen LogP contribution in [0, 0.1) is 5.82 Å². The predicted octanol–water partition coefficient (Wildman–Crippen LogP) is 2.68. The molecular formula is C16H19FN2OS. The van der Waals surface area contributed by atoms with E-state index in [1.165, 1.54) is 17.7 Å². The highest BCUT2D eigenvalue weighted by molar-refractivity contribution is 7.07. The molecule has 2 rings (SSSR count). The van der Waals surface area contributed by atoms with E-state index in [-0.39, 0.29) is 11.7 Å². The van der Waals surface area contributed by atoms with Gasteiger partial charge in [-0.25, -0.2) is 4.39 Å². The third-order valence-electron chi connectivity index (χ3n) is 3.10. The van der Waals surface area contributed by atoms with Crippen LogP contribution < -0.4 is 5.32 Å². The average molecular weight is 306 g/mol. The summed E-state index contributed by atoms with van der Waals surface area (Å²) in [7, 11) is 1.93. The molecule has 0 bridgehead atoms. The maximum absolute atomic E-state index is 12.8. The molecule has 2 aromatic rings. The molecule has 0 aliphatic heterocycles. The molecule has 0 aliphatic carbocycles. The van der Waals surface area contributed by atoms with Gasteiger partial charge in [0.05, 0.1) is 6.54 Å². The minimum absolute atomic E-state index is 0.00911. The number of nitrogens with zero attached hydrogens (tertiary/aromatic N) is 1. The highest BCUT2D eigenvalue weighted by Gasteiger charge is 2.07. The lowest BCUT2D eigenvalue weighted by Gasteiger charge is -2.15. The SMILES string of the molecule is CN(CC(=O)NCCc1ccc(F)cc1)Cc1ccsc1. The quantitative estimate of drug-likeness (QED) is 0.853. The van der Waals surface area contributed by atoms with Gasteiger partial charge in [-0.3, -0.25) is 9.69 Å². The van der Waals surface area contributed by atoms with Crippen LogP contribution in [0.1, 0.15) is 11.1 Å². The van der Waals surface area contributed by atoms with Crippen molar-refractivity contribution < 1.29 is 9.18 Å². The number of carbonyl (C=O) groups is 1. The van der Waals surface area contributed by atoms with Crippen molar-refractivity contribution in [2.45, 2.75) is 13.0 Å². The predicted molar refractivity (Wildman–Crippen MR) is 83.8 cm³/mol. The van der Waals surface area contributed by atoms with E-state index in [1.807, 2.05) is 17.3 Å². The maximum atomic E-state index is 12.8. The second-order valence-electron chi connectivity index (χ2n) is 5.03. The van der Waals surface area contributed by atoms with E-state index in [4.69, 9.17) is 0 Å². The number of amides is 1. The van der Waals surface area contributed by atoms with E-state index in [0.717, 1.165) is 12.1 Å². The number of benzene rings is 1. The van der Waals surface area contributed by atoms with Gasteiger partial charge in [0.2, 0.25) is 5.91 Å². The van der Waals surface area contributed by atoms with Gasteiger partial charge in [-0.1, -0.05) is 12.1 Å². The first kappa shape index (κ1) is 15.7. The Hall–Kier alpha value is -1.72. The number of nitrogens with one attached hydrogen (secondary N) is 1. The molecule has 0 saturated heterocycles. The number of hydrogen-bond acceptors (Lipinski definition) is 3. The number of hydrogen-bond donors (Lipinski definition) is 1. The molecule has 3 nitrogen and oxygen atoms in total. The normalized spacial score (nSPS) is 10.8. The zero-order chi connectivity index (χ0) is 15.1. The van der Waals surface area contributed by atoms with Crippen molar-refractivity contribution in [2.75, 3.05) is 20.1 Å². The van der Waals surface area contributed by atoms with E-state index in [9.17, 15) is 9.18 Å². The zero-order valence-corrected chi connectivity index (χ0v) is 12.8. The lowest BCUT2D eigenvalue weighted by atomic mass is 10.1. The first-order valence-electron chi connectivity index (χ1n) is 6.84. The van der Waals surface area contributed by atoms with E-state index in [2.05, 4.69) is 16.8 Å². The molecule has 112 valence electrons. The molecule has 0 fully saturated rings. The van der Waals surface area contributed by atoms with Crippen LogP contribution in [0.2, 0.25) is 0 Å². The maximum Gasteiger partial charge on any atom is 0.234 e. The van der Waals surface area contributed by atoms with Crippen molar-refractivity contribution in [3.8, 4) is 0 Å². The van der Waals surface area contributed by atoms with E-state index < -0.39 is 0 Å².